The standard InChI is InChI=1S/C16H17BrN2O4S/c1-3-18-24(21,22)15-9-11(7-8-14(15)23-2)16(20)19-13-6-4-5-12(17)10-13/h4-10,18H,3H2,1-2H3,(H,19,20). The number of sulfonamides is 1. The van der Waals surface area contributed by atoms with Gasteiger partial charge in [-0.1, -0.05) is 28.9 Å². The van der Waals surface area contributed by atoms with Crippen LogP contribution in [0.3, 0.4) is 0 Å². The summed E-state index contributed by atoms with van der Waals surface area (Å²) in [5.74, 6) is -0.237. The summed E-state index contributed by atoms with van der Waals surface area (Å²) in [6, 6.07) is 11.4. The van der Waals surface area contributed by atoms with Crippen LogP contribution >= 0.6 is 15.9 Å². The first-order valence-electron chi connectivity index (χ1n) is 7.12. The minimum atomic E-state index is -3.75. The lowest BCUT2D eigenvalue weighted by Gasteiger charge is -2.12. The Morgan fingerprint density at radius 2 is 1.96 bits per heavy atom. The van der Waals surface area contributed by atoms with Crippen molar-refractivity contribution in [1.29, 1.82) is 0 Å². The number of carbonyl (C=O) groups is 1. The Kier molecular flexibility index (Phi) is 5.98. The highest BCUT2D eigenvalue weighted by molar-refractivity contribution is 9.10. The van der Waals surface area contributed by atoms with Gasteiger partial charge in [0.1, 0.15) is 10.6 Å². The third kappa shape index (κ3) is 4.34. The van der Waals surface area contributed by atoms with Crippen LogP contribution in [0.2, 0.25) is 0 Å². The zero-order valence-electron chi connectivity index (χ0n) is 13.2. The average molecular weight is 413 g/mol. The molecule has 0 spiro atoms. The molecule has 24 heavy (non-hydrogen) atoms. The molecule has 2 N–H and O–H groups in total. The molecular weight excluding hydrogens is 396 g/mol. The summed E-state index contributed by atoms with van der Waals surface area (Å²) in [5.41, 5.74) is 0.813. The van der Waals surface area contributed by atoms with Crippen molar-refractivity contribution in [3.63, 3.8) is 0 Å². The van der Waals surface area contributed by atoms with Crippen molar-refractivity contribution < 1.29 is 17.9 Å². The minimum Gasteiger partial charge on any atom is -0.495 e. The second kappa shape index (κ2) is 7.78. The predicted octanol–water partition coefficient (Wildman–Crippen LogP) is 3.01. The van der Waals surface area contributed by atoms with Crippen LogP contribution in [0.25, 0.3) is 0 Å². The van der Waals surface area contributed by atoms with Crippen LogP contribution in [0.1, 0.15) is 17.3 Å². The molecule has 128 valence electrons. The van der Waals surface area contributed by atoms with Gasteiger partial charge in [-0.3, -0.25) is 4.79 Å². The summed E-state index contributed by atoms with van der Waals surface area (Å²) in [6.07, 6.45) is 0. The number of benzene rings is 2. The number of rotatable bonds is 6. The molecule has 0 atom stereocenters. The molecule has 2 rings (SSSR count). The first-order valence-corrected chi connectivity index (χ1v) is 9.39. The van der Waals surface area contributed by atoms with Crippen LogP contribution in [0.5, 0.6) is 5.75 Å². The Hall–Kier alpha value is -1.90. The lowest BCUT2D eigenvalue weighted by atomic mass is 10.2. The molecule has 8 heteroatoms. The van der Waals surface area contributed by atoms with Gasteiger partial charge in [-0.15, -0.1) is 0 Å². The summed E-state index contributed by atoms with van der Waals surface area (Å²) >= 11 is 3.33. The molecule has 0 bridgehead atoms. The topological polar surface area (TPSA) is 84.5 Å². The van der Waals surface area contributed by atoms with Crippen molar-refractivity contribution >= 4 is 37.5 Å². The van der Waals surface area contributed by atoms with Gasteiger partial charge in [-0.05, 0) is 36.4 Å². The normalized spacial score (nSPS) is 11.1. The molecule has 0 fully saturated rings. The van der Waals surface area contributed by atoms with Crippen molar-refractivity contribution in [1.82, 2.24) is 4.72 Å². The van der Waals surface area contributed by atoms with E-state index in [0.29, 0.717) is 5.69 Å². The number of methoxy groups -OCH3 is 1. The summed E-state index contributed by atoms with van der Waals surface area (Å²) in [5, 5.41) is 2.72. The molecule has 0 saturated heterocycles. The Morgan fingerprint density at radius 3 is 2.58 bits per heavy atom. The smallest absolute Gasteiger partial charge is 0.255 e. The van der Waals surface area contributed by atoms with Crippen molar-refractivity contribution in [3.8, 4) is 5.75 Å². The van der Waals surface area contributed by atoms with Crippen LogP contribution < -0.4 is 14.8 Å². The molecule has 2 aromatic carbocycles. The van der Waals surface area contributed by atoms with Gasteiger partial charge < -0.3 is 10.1 Å². The third-order valence-corrected chi connectivity index (χ3v) is 5.19. The van der Waals surface area contributed by atoms with Gasteiger partial charge in [-0.2, -0.15) is 0 Å². The van der Waals surface area contributed by atoms with E-state index in [1.54, 1.807) is 25.1 Å². The number of nitrogens with one attached hydrogen (secondary N) is 2. The number of ether oxygens (including phenoxy) is 1. The van der Waals surface area contributed by atoms with Crippen LogP contribution in [0.15, 0.2) is 51.8 Å². The SMILES string of the molecule is CCNS(=O)(=O)c1cc(C(=O)Nc2cccc(Br)c2)ccc1OC. The highest BCUT2D eigenvalue weighted by Gasteiger charge is 2.21. The van der Waals surface area contributed by atoms with E-state index < -0.39 is 15.9 Å². The molecule has 0 heterocycles. The van der Waals surface area contributed by atoms with E-state index in [0.717, 1.165) is 4.47 Å². The second-order valence-corrected chi connectivity index (χ2v) is 7.48. The molecule has 1 amide bonds. The maximum Gasteiger partial charge on any atom is 0.255 e. The van der Waals surface area contributed by atoms with Crippen molar-refractivity contribution in [2.24, 2.45) is 0 Å². The van der Waals surface area contributed by atoms with E-state index in [2.05, 4.69) is 26.0 Å². The highest BCUT2D eigenvalue weighted by atomic mass is 79.9. The van der Waals surface area contributed by atoms with Crippen LogP contribution in [-0.2, 0) is 10.0 Å². The Balaban J connectivity index is 2.36. The number of halogens is 1. The van der Waals surface area contributed by atoms with Crippen molar-refractivity contribution in [2.75, 3.05) is 19.0 Å². The molecule has 0 aromatic heterocycles. The maximum atomic E-state index is 12.4. The van der Waals surface area contributed by atoms with E-state index in [1.165, 1.54) is 25.3 Å². The first kappa shape index (κ1) is 18.4. The molecule has 0 aliphatic carbocycles. The van der Waals surface area contributed by atoms with E-state index >= 15 is 0 Å². The molecule has 2 aromatic rings. The molecule has 0 aliphatic heterocycles. The Morgan fingerprint density at radius 1 is 1.21 bits per heavy atom. The molecule has 6 nitrogen and oxygen atoms in total. The van der Waals surface area contributed by atoms with Crippen LogP contribution in [0.4, 0.5) is 5.69 Å². The zero-order chi connectivity index (χ0) is 17.7. The lowest BCUT2D eigenvalue weighted by molar-refractivity contribution is 0.102. The minimum absolute atomic E-state index is 0.0752. The highest BCUT2D eigenvalue weighted by Crippen LogP contribution is 2.25. The number of anilines is 1. The fourth-order valence-electron chi connectivity index (χ4n) is 2.07. The summed E-state index contributed by atoms with van der Waals surface area (Å²) in [4.78, 5) is 12.3. The maximum absolute atomic E-state index is 12.4. The van der Waals surface area contributed by atoms with Crippen LogP contribution in [-0.4, -0.2) is 28.0 Å². The summed E-state index contributed by atoms with van der Waals surface area (Å²) < 4.78 is 32.8. The Labute approximate surface area is 149 Å². The molecule has 0 unspecified atom stereocenters. The molecule has 0 radical (unpaired) electrons. The predicted molar refractivity (Wildman–Crippen MR) is 96.0 cm³/mol. The lowest BCUT2D eigenvalue weighted by Crippen LogP contribution is -2.24. The molecular formula is C16H17BrN2O4S. The quantitative estimate of drug-likeness (QED) is 0.763. The van der Waals surface area contributed by atoms with Gasteiger partial charge in [0, 0.05) is 22.3 Å². The van der Waals surface area contributed by atoms with Gasteiger partial charge in [0.25, 0.3) is 5.91 Å². The second-order valence-electron chi connectivity index (χ2n) is 4.83. The Bertz CT molecular complexity index is 853. The van der Waals surface area contributed by atoms with Gasteiger partial charge in [0.2, 0.25) is 10.0 Å². The van der Waals surface area contributed by atoms with E-state index in [4.69, 9.17) is 4.74 Å². The van der Waals surface area contributed by atoms with Gasteiger partial charge in [0.15, 0.2) is 0 Å². The van der Waals surface area contributed by atoms with E-state index in [-0.39, 0.29) is 22.8 Å². The molecule has 0 saturated carbocycles. The van der Waals surface area contributed by atoms with Gasteiger partial charge in [-0.25, -0.2) is 13.1 Å². The number of hydrogen-bond acceptors (Lipinski definition) is 4. The molecule has 0 aliphatic rings. The monoisotopic (exact) mass is 412 g/mol. The largest absolute Gasteiger partial charge is 0.495 e. The number of carbonyl (C=O) groups excluding carboxylic acids is 1. The van der Waals surface area contributed by atoms with Crippen molar-refractivity contribution in [3.05, 3.63) is 52.5 Å². The van der Waals surface area contributed by atoms with E-state index in [1.807, 2.05) is 6.07 Å². The third-order valence-electron chi connectivity index (χ3n) is 3.13. The van der Waals surface area contributed by atoms with Gasteiger partial charge >= 0.3 is 0 Å². The van der Waals surface area contributed by atoms with Crippen LogP contribution in [0, 0.1) is 0 Å². The summed E-state index contributed by atoms with van der Waals surface area (Å²) in [7, 11) is -2.37. The fraction of sp³-hybridized carbons (Fsp3) is 0.188. The number of amides is 1. The fourth-order valence-corrected chi connectivity index (χ4v) is 3.70. The average Bonchev–Trinajstić information content (AvgIpc) is 2.54. The van der Waals surface area contributed by atoms with E-state index in [9.17, 15) is 13.2 Å². The number of hydrogen-bond donors (Lipinski definition) is 2. The van der Waals surface area contributed by atoms with Gasteiger partial charge in [0.05, 0.1) is 7.11 Å². The summed E-state index contributed by atoms with van der Waals surface area (Å²) in [6.45, 7) is 1.91. The zero-order valence-corrected chi connectivity index (χ0v) is 15.6. The van der Waals surface area contributed by atoms with Crippen molar-refractivity contribution in [2.45, 2.75) is 11.8 Å². The first-order chi connectivity index (χ1) is 11.4.